The van der Waals surface area contributed by atoms with Gasteiger partial charge in [0.1, 0.15) is 0 Å². The number of hydrogen-bond acceptors (Lipinski definition) is 4. The Bertz CT molecular complexity index is 295. The Kier molecular flexibility index (Phi) is 2.77. The lowest BCUT2D eigenvalue weighted by Gasteiger charge is -2.27. The van der Waals surface area contributed by atoms with Crippen molar-refractivity contribution < 1.29 is 5.11 Å². The summed E-state index contributed by atoms with van der Waals surface area (Å²) in [5, 5.41) is 21.3. The van der Waals surface area contributed by atoms with Gasteiger partial charge in [-0.05, 0) is 17.6 Å². The molecule has 5 heteroatoms. The minimum Gasteiger partial charge on any atom is -0.393 e. The smallest absolute Gasteiger partial charge is 0.177 e. The number of rotatable bonds is 4. The van der Waals surface area contributed by atoms with E-state index >= 15 is 0 Å². The van der Waals surface area contributed by atoms with E-state index in [1.165, 1.54) is 24.1 Å². The van der Waals surface area contributed by atoms with Crippen LogP contribution in [0.15, 0.2) is 0 Å². The highest BCUT2D eigenvalue weighted by atomic mass is 16.3. The summed E-state index contributed by atoms with van der Waals surface area (Å²) in [4.78, 5) is 1.42. The summed E-state index contributed by atoms with van der Waals surface area (Å²) in [7, 11) is 1.73. The number of aliphatic hydroxyl groups is 1. The maximum Gasteiger partial charge on any atom is 0.177 e. The van der Waals surface area contributed by atoms with Crippen LogP contribution in [0.3, 0.4) is 0 Å². The van der Waals surface area contributed by atoms with Crippen molar-refractivity contribution in [1.29, 1.82) is 0 Å². The van der Waals surface area contributed by atoms with Gasteiger partial charge in [-0.3, -0.25) is 0 Å². The van der Waals surface area contributed by atoms with Gasteiger partial charge in [-0.1, -0.05) is 19.3 Å². The van der Waals surface area contributed by atoms with Crippen molar-refractivity contribution in [3.63, 3.8) is 0 Å². The van der Waals surface area contributed by atoms with Gasteiger partial charge in [0.15, 0.2) is 5.82 Å². The molecule has 0 aliphatic heterocycles. The molecular formula is C9H16N4O. The van der Waals surface area contributed by atoms with E-state index in [-0.39, 0.29) is 6.10 Å². The van der Waals surface area contributed by atoms with Gasteiger partial charge in [0, 0.05) is 6.42 Å². The Morgan fingerprint density at radius 2 is 2.36 bits per heavy atom. The molecule has 5 nitrogen and oxygen atoms in total. The molecule has 1 atom stereocenters. The van der Waals surface area contributed by atoms with Crippen molar-refractivity contribution >= 4 is 0 Å². The number of hydrogen-bond donors (Lipinski definition) is 1. The highest BCUT2D eigenvalue weighted by molar-refractivity contribution is 4.83. The molecule has 14 heavy (non-hydrogen) atoms. The predicted molar refractivity (Wildman–Crippen MR) is 50.5 cm³/mol. The molecule has 1 saturated carbocycles. The molecule has 1 aromatic heterocycles. The van der Waals surface area contributed by atoms with E-state index in [9.17, 15) is 5.11 Å². The molecule has 1 fully saturated rings. The largest absolute Gasteiger partial charge is 0.393 e. The predicted octanol–water partition coefficient (Wildman–Crippen LogP) is 0.304. The second-order valence-electron chi connectivity index (χ2n) is 4.09. The van der Waals surface area contributed by atoms with Gasteiger partial charge in [-0.25, -0.2) is 0 Å². The van der Waals surface area contributed by atoms with Crippen LogP contribution in [0.2, 0.25) is 0 Å². The van der Waals surface area contributed by atoms with Gasteiger partial charge in [0.05, 0.1) is 13.2 Å². The molecule has 0 bridgehead atoms. The molecule has 78 valence electrons. The molecule has 1 unspecified atom stereocenters. The normalized spacial score (nSPS) is 19.3. The van der Waals surface area contributed by atoms with Gasteiger partial charge < -0.3 is 5.11 Å². The maximum atomic E-state index is 9.73. The second kappa shape index (κ2) is 4.04. The first-order chi connectivity index (χ1) is 6.74. The van der Waals surface area contributed by atoms with Gasteiger partial charge in [0.25, 0.3) is 0 Å². The number of nitrogens with zero attached hydrogens (tertiary/aromatic N) is 4. The van der Waals surface area contributed by atoms with Gasteiger partial charge in [0.2, 0.25) is 0 Å². The maximum absolute atomic E-state index is 9.73. The topological polar surface area (TPSA) is 63.8 Å². The first-order valence-corrected chi connectivity index (χ1v) is 5.15. The lowest BCUT2D eigenvalue weighted by atomic mass is 9.81. The quantitative estimate of drug-likeness (QED) is 0.752. The summed E-state index contributed by atoms with van der Waals surface area (Å²) < 4.78 is 0. The number of tetrazole rings is 1. The van der Waals surface area contributed by atoms with E-state index in [0.717, 1.165) is 12.3 Å². The summed E-state index contributed by atoms with van der Waals surface area (Å²) in [5.41, 5.74) is 0. The summed E-state index contributed by atoms with van der Waals surface area (Å²) in [5.74, 6) is 1.36. The molecule has 0 saturated heterocycles. The number of aryl methyl sites for hydroxylation is 1. The third-order valence-corrected chi connectivity index (χ3v) is 2.80. The highest BCUT2D eigenvalue weighted by Gasteiger charge is 2.21. The van der Waals surface area contributed by atoms with Crippen LogP contribution in [0.5, 0.6) is 0 Å². The zero-order valence-electron chi connectivity index (χ0n) is 8.43. The van der Waals surface area contributed by atoms with Crippen molar-refractivity contribution in [1.82, 2.24) is 20.2 Å². The molecule has 0 spiro atoms. The van der Waals surface area contributed by atoms with Crippen LogP contribution < -0.4 is 0 Å². The molecule has 0 radical (unpaired) electrons. The van der Waals surface area contributed by atoms with E-state index < -0.39 is 0 Å². The molecule has 1 heterocycles. The lowest BCUT2D eigenvalue weighted by molar-refractivity contribution is 0.116. The monoisotopic (exact) mass is 196 g/mol. The van der Waals surface area contributed by atoms with Crippen molar-refractivity contribution in [2.24, 2.45) is 13.0 Å². The standard InChI is InChI=1S/C9H16N4O/c1-13-11-9(10-12-13)6-8(14)5-7-3-2-4-7/h7-8,14H,2-6H2,1H3. The Hall–Kier alpha value is -0.970. The fraction of sp³-hybridized carbons (Fsp3) is 0.889. The van der Waals surface area contributed by atoms with Crippen molar-refractivity contribution in [2.75, 3.05) is 0 Å². The van der Waals surface area contributed by atoms with Crippen LogP contribution in [0, 0.1) is 5.92 Å². The molecular weight excluding hydrogens is 180 g/mol. The Morgan fingerprint density at radius 3 is 2.86 bits per heavy atom. The fourth-order valence-electron chi connectivity index (χ4n) is 1.81. The average molecular weight is 196 g/mol. The molecule has 1 aliphatic carbocycles. The van der Waals surface area contributed by atoms with E-state index in [4.69, 9.17) is 0 Å². The minimum absolute atomic E-state index is 0.301. The summed E-state index contributed by atoms with van der Waals surface area (Å²) in [6.45, 7) is 0. The Morgan fingerprint density at radius 1 is 1.57 bits per heavy atom. The van der Waals surface area contributed by atoms with E-state index in [2.05, 4.69) is 15.4 Å². The van der Waals surface area contributed by atoms with Gasteiger partial charge in [-0.2, -0.15) is 4.80 Å². The fourth-order valence-corrected chi connectivity index (χ4v) is 1.81. The Balaban J connectivity index is 1.78. The first kappa shape index (κ1) is 9.58. The summed E-state index contributed by atoms with van der Waals surface area (Å²) in [6, 6.07) is 0. The molecule has 1 aliphatic rings. The number of aromatic nitrogens is 4. The van der Waals surface area contributed by atoms with Crippen molar-refractivity contribution in [2.45, 2.75) is 38.2 Å². The van der Waals surface area contributed by atoms with E-state index in [1.54, 1.807) is 7.05 Å². The van der Waals surface area contributed by atoms with Crippen LogP contribution in [-0.4, -0.2) is 31.4 Å². The highest BCUT2D eigenvalue weighted by Crippen LogP contribution is 2.30. The molecule has 0 amide bonds. The van der Waals surface area contributed by atoms with Crippen LogP contribution in [0.1, 0.15) is 31.5 Å². The van der Waals surface area contributed by atoms with Crippen molar-refractivity contribution in [3.8, 4) is 0 Å². The molecule has 1 aromatic rings. The lowest BCUT2D eigenvalue weighted by Crippen LogP contribution is -2.21. The minimum atomic E-state index is -0.301. The van der Waals surface area contributed by atoms with Crippen LogP contribution >= 0.6 is 0 Å². The number of aliphatic hydroxyl groups excluding tert-OH is 1. The first-order valence-electron chi connectivity index (χ1n) is 5.15. The average Bonchev–Trinajstić information content (AvgIpc) is 2.44. The summed E-state index contributed by atoms with van der Waals surface area (Å²) in [6.07, 6.45) is 4.98. The van der Waals surface area contributed by atoms with Crippen LogP contribution in [-0.2, 0) is 13.5 Å². The molecule has 1 N–H and O–H groups in total. The van der Waals surface area contributed by atoms with E-state index in [1.807, 2.05) is 0 Å². The zero-order valence-corrected chi connectivity index (χ0v) is 8.43. The Labute approximate surface area is 83.1 Å². The molecule has 2 rings (SSSR count). The van der Waals surface area contributed by atoms with E-state index in [0.29, 0.717) is 12.2 Å². The SMILES string of the molecule is Cn1nnc(CC(O)CC2CCC2)n1. The second-order valence-corrected chi connectivity index (χ2v) is 4.09. The van der Waals surface area contributed by atoms with Crippen LogP contribution in [0.4, 0.5) is 0 Å². The van der Waals surface area contributed by atoms with Crippen LogP contribution in [0.25, 0.3) is 0 Å². The third kappa shape index (κ3) is 2.29. The third-order valence-electron chi connectivity index (χ3n) is 2.80. The zero-order chi connectivity index (χ0) is 9.97. The van der Waals surface area contributed by atoms with Gasteiger partial charge in [-0.15, -0.1) is 10.2 Å². The van der Waals surface area contributed by atoms with Gasteiger partial charge >= 0.3 is 0 Å². The molecule has 0 aromatic carbocycles. The summed E-state index contributed by atoms with van der Waals surface area (Å²) >= 11 is 0. The van der Waals surface area contributed by atoms with Crippen molar-refractivity contribution in [3.05, 3.63) is 5.82 Å².